The number of hydrogen-bond acceptors (Lipinski definition) is 5. The van der Waals surface area contributed by atoms with Crippen molar-refractivity contribution in [2.75, 3.05) is 10.6 Å². The Hall–Kier alpha value is -4.92. The van der Waals surface area contributed by atoms with Crippen molar-refractivity contribution in [3.8, 4) is 0 Å². The largest absolute Gasteiger partial charge is 0.325 e. The molecule has 0 aliphatic heterocycles. The molecule has 0 aliphatic rings. The van der Waals surface area contributed by atoms with E-state index in [1.54, 1.807) is 36.4 Å². The van der Waals surface area contributed by atoms with Gasteiger partial charge < -0.3 is 16.0 Å². The number of anilines is 2. The predicted octanol–water partition coefficient (Wildman–Crippen LogP) is 7.63. The number of carbonyl (C=O) groups excluding carboxylic acids is 3. The summed E-state index contributed by atoms with van der Waals surface area (Å²) >= 11 is 2.88. The molecule has 0 bridgehead atoms. The Bertz CT molecular complexity index is 1670. The summed E-state index contributed by atoms with van der Waals surface area (Å²) in [4.78, 5) is 40.5. The van der Waals surface area contributed by atoms with Crippen LogP contribution in [-0.4, -0.2) is 17.7 Å². The van der Waals surface area contributed by atoms with E-state index in [-0.39, 0.29) is 17.5 Å². The molecule has 5 aromatic rings. The lowest BCUT2D eigenvalue weighted by atomic mass is 10.1. The van der Waals surface area contributed by atoms with Gasteiger partial charge in [0, 0.05) is 21.8 Å². The van der Waals surface area contributed by atoms with Crippen LogP contribution in [0.3, 0.4) is 0 Å². The minimum atomic E-state index is -0.531. The van der Waals surface area contributed by atoms with Crippen molar-refractivity contribution in [2.45, 2.75) is 10.1 Å². The lowest BCUT2D eigenvalue weighted by molar-refractivity contribution is -0.116. The molecular weight excluding hydrogens is 563 g/mol. The van der Waals surface area contributed by atoms with Crippen molar-refractivity contribution in [3.63, 3.8) is 0 Å². The minimum Gasteiger partial charge on any atom is -0.325 e. The third kappa shape index (κ3) is 7.84. The van der Waals surface area contributed by atoms with Crippen LogP contribution in [0.25, 0.3) is 6.08 Å². The molecule has 0 fully saturated rings. The van der Waals surface area contributed by atoms with Crippen LogP contribution in [-0.2, 0) is 9.59 Å². The number of nitrogens with one attached hydrogen (secondary N) is 3. The Morgan fingerprint density at radius 3 is 2.07 bits per heavy atom. The molecule has 1 heterocycles. The van der Waals surface area contributed by atoms with Gasteiger partial charge in [0.05, 0.1) is 0 Å². The third-order valence-corrected chi connectivity index (χ3v) is 8.06. The van der Waals surface area contributed by atoms with Crippen LogP contribution < -0.4 is 16.0 Å². The van der Waals surface area contributed by atoms with Crippen molar-refractivity contribution in [3.05, 3.63) is 154 Å². The lowest BCUT2D eigenvalue weighted by Crippen LogP contribution is -2.30. The fraction of sp³-hybridized carbons (Fsp3) is 0.0294. The summed E-state index contributed by atoms with van der Waals surface area (Å²) < 4.78 is 0. The van der Waals surface area contributed by atoms with Crippen LogP contribution in [0.2, 0.25) is 0 Å². The van der Waals surface area contributed by atoms with Crippen LogP contribution in [0.4, 0.5) is 11.4 Å². The second-order valence-corrected chi connectivity index (χ2v) is 11.1. The highest BCUT2D eigenvalue weighted by Gasteiger charge is 2.23. The molecule has 0 aliphatic carbocycles. The van der Waals surface area contributed by atoms with E-state index >= 15 is 0 Å². The van der Waals surface area contributed by atoms with E-state index in [1.807, 2.05) is 102 Å². The lowest BCUT2D eigenvalue weighted by Gasteiger charge is -2.18. The molecule has 1 unspecified atom stereocenters. The highest BCUT2D eigenvalue weighted by Crippen LogP contribution is 2.37. The Balaban J connectivity index is 1.35. The SMILES string of the molecule is O=C(Nc1cccc(SC(C(=O)Nc2ccccc2)c2ccccc2)c1)/C(=C/c1ccsc1)NC(=O)c1ccccc1. The number of carbonyl (C=O) groups is 3. The van der Waals surface area contributed by atoms with Gasteiger partial charge in [-0.1, -0.05) is 72.8 Å². The summed E-state index contributed by atoms with van der Waals surface area (Å²) in [6.45, 7) is 0. The van der Waals surface area contributed by atoms with Gasteiger partial charge in [-0.3, -0.25) is 14.4 Å². The van der Waals surface area contributed by atoms with Gasteiger partial charge in [0.25, 0.3) is 11.8 Å². The van der Waals surface area contributed by atoms with Crippen molar-refractivity contribution in [1.82, 2.24) is 5.32 Å². The fourth-order valence-electron chi connectivity index (χ4n) is 4.08. The monoisotopic (exact) mass is 589 g/mol. The Morgan fingerprint density at radius 2 is 1.38 bits per heavy atom. The maximum atomic E-state index is 13.4. The van der Waals surface area contributed by atoms with Crippen LogP contribution in [0, 0.1) is 0 Å². The first-order valence-electron chi connectivity index (χ1n) is 13.1. The first-order valence-corrected chi connectivity index (χ1v) is 15.0. The molecule has 1 aromatic heterocycles. The molecular formula is C34H27N3O3S2. The first kappa shape index (κ1) is 28.6. The van der Waals surface area contributed by atoms with Crippen LogP contribution in [0.15, 0.2) is 143 Å². The molecule has 0 saturated heterocycles. The summed E-state index contributed by atoms with van der Waals surface area (Å²) in [6.07, 6.45) is 1.64. The van der Waals surface area contributed by atoms with Gasteiger partial charge in [-0.15, -0.1) is 11.8 Å². The normalized spacial score (nSPS) is 11.8. The second kappa shape index (κ2) is 14.1. The van der Waals surface area contributed by atoms with Crippen LogP contribution in [0.5, 0.6) is 0 Å². The van der Waals surface area contributed by atoms with Crippen molar-refractivity contribution in [1.29, 1.82) is 0 Å². The fourth-order valence-corrected chi connectivity index (χ4v) is 5.78. The summed E-state index contributed by atoms with van der Waals surface area (Å²) in [5, 5.41) is 11.9. The molecule has 5 rings (SSSR count). The van der Waals surface area contributed by atoms with Gasteiger partial charge >= 0.3 is 0 Å². The van der Waals surface area contributed by atoms with E-state index in [0.717, 1.165) is 16.0 Å². The van der Waals surface area contributed by atoms with E-state index in [1.165, 1.54) is 23.1 Å². The third-order valence-electron chi connectivity index (χ3n) is 6.11. The van der Waals surface area contributed by atoms with Gasteiger partial charge in [-0.25, -0.2) is 0 Å². The van der Waals surface area contributed by atoms with Crippen molar-refractivity contribution in [2.24, 2.45) is 0 Å². The number of benzene rings is 4. The van der Waals surface area contributed by atoms with Crippen LogP contribution in [0.1, 0.15) is 26.7 Å². The summed E-state index contributed by atoms with van der Waals surface area (Å²) in [7, 11) is 0. The number of hydrogen-bond donors (Lipinski definition) is 3. The molecule has 0 radical (unpaired) electrons. The van der Waals surface area contributed by atoms with Gasteiger partial charge in [0.15, 0.2) is 0 Å². The van der Waals surface area contributed by atoms with E-state index in [2.05, 4.69) is 16.0 Å². The first-order chi connectivity index (χ1) is 20.5. The number of thioether (sulfide) groups is 1. The van der Waals surface area contributed by atoms with Crippen LogP contribution >= 0.6 is 23.1 Å². The molecule has 42 heavy (non-hydrogen) atoms. The Morgan fingerprint density at radius 1 is 0.714 bits per heavy atom. The maximum absolute atomic E-state index is 13.4. The summed E-state index contributed by atoms with van der Waals surface area (Å²) in [5.74, 6) is -1.00. The topological polar surface area (TPSA) is 87.3 Å². The molecule has 4 aromatic carbocycles. The standard InChI is InChI=1S/C34H27N3O3S2/c38-32(26-13-6-2-7-14-26)37-30(21-24-19-20-41-23-24)33(39)36-28-17-10-18-29(22-28)42-31(25-11-4-1-5-12-25)34(40)35-27-15-8-3-9-16-27/h1-23,31H,(H,35,40)(H,36,39)(H,37,38)/b30-21-. The predicted molar refractivity (Wildman–Crippen MR) is 171 cm³/mol. The van der Waals surface area contributed by atoms with Gasteiger partial charge in [-0.2, -0.15) is 11.3 Å². The van der Waals surface area contributed by atoms with Crippen molar-refractivity contribution < 1.29 is 14.4 Å². The Labute approximate surface area is 252 Å². The molecule has 6 nitrogen and oxygen atoms in total. The zero-order chi connectivity index (χ0) is 29.1. The molecule has 0 spiro atoms. The number of rotatable bonds is 10. The van der Waals surface area contributed by atoms with E-state index in [4.69, 9.17) is 0 Å². The highest BCUT2D eigenvalue weighted by atomic mass is 32.2. The van der Waals surface area contributed by atoms with Gasteiger partial charge in [0.2, 0.25) is 5.91 Å². The molecule has 0 saturated carbocycles. The van der Waals surface area contributed by atoms with Gasteiger partial charge in [0.1, 0.15) is 10.9 Å². The molecule has 3 amide bonds. The van der Waals surface area contributed by atoms with Gasteiger partial charge in [-0.05, 0) is 76.5 Å². The number of thiophene rings is 1. The number of para-hydroxylation sites is 1. The van der Waals surface area contributed by atoms with E-state index in [0.29, 0.717) is 16.9 Å². The summed E-state index contributed by atoms with van der Waals surface area (Å²) in [6, 6.07) is 36.8. The molecule has 3 N–H and O–H groups in total. The smallest absolute Gasteiger partial charge is 0.272 e. The zero-order valence-corrected chi connectivity index (χ0v) is 24.0. The molecule has 208 valence electrons. The zero-order valence-electron chi connectivity index (χ0n) is 22.4. The second-order valence-electron chi connectivity index (χ2n) is 9.18. The Kier molecular flexibility index (Phi) is 9.61. The van der Waals surface area contributed by atoms with Crippen molar-refractivity contribution >= 4 is 58.3 Å². The molecule has 8 heteroatoms. The maximum Gasteiger partial charge on any atom is 0.272 e. The number of amides is 3. The molecule has 1 atom stereocenters. The van der Waals surface area contributed by atoms with E-state index < -0.39 is 11.2 Å². The summed E-state index contributed by atoms with van der Waals surface area (Å²) in [5.41, 5.74) is 3.47. The minimum absolute atomic E-state index is 0.115. The highest BCUT2D eigenvalue weighted by molar-refractivity contribution is 8.00. The quantitative estimate of drug-likeness (QED) is 0.115. The van der Waals surface area contributed by atoms with E-state index in [9.17, 15) is 14.4 Å². The average Bonchev–Trinajstić information content (AvgIpc) is 3.54. The average molecular weight is 590 g/mol.